The van der Waals surface area contributed by atoms with Crippen LogP contribution in [0.4, 0.5) is 5.00 Å². The van der Waals surface area contributed by atoms with Gasteiger partial charge in [0.15, 0.2) is 0 Å². The summed E-state index contributed by atoms with van der Waals surface area (Å²) >= 11 is 1.30. The van der Waals surface area contributed by atoms with Gasteiger partial charge in [0.1, 0.15) is 0 Å². The van der Waals surface area contributed by atoms with Crippen LogP contribution in [0.1, 0.15) is 17.7 Å². The van der Waals surface area contributed by atoms with E-state index in [1.807, 2.05) is 6.07 Å². The van der Waals surface area contributed by atoms with Crippen molar-refractivity contribution in [1.82, 2.24) is 10.2 Å². The van der Waals surface area contributed by atoms with Crippen LogP contribution in [0.5, 0.6) is 0 Å². The third kappa shape index (κ3) is 2.41. The number of fused-ring (bicyclic) bond motifs is 1. The molecule has 98 valence electrons. The summed E-state index contributed by atoms with van der Waals surface area (Å²) in [5.41, 5.74) is 0. The van der Waals surface area contributed by atoms with Crippen molar-refractivity contribution in [3.8, 4) is 0 Å². The molecule has 0 saturated carbocycles. The van der Waals surface area contributed by atoms with Gasteiger partial charge in [0, 0.05) is 36.6 Å². The largest absolute Gasteiger partial charge is 0.324 e. The van der Waals surface area contributed by atoms with Gasteiger partial charge in [-0.05, 0) is 31.4 Å². The van der Waals surface area contributed by atoms with Gasteiger partial charge in [-0.2, -0.15) is 0 Å². The van der Waals surface area contributed by atoms with E-state index in [4.69, 9.17) is 0 Å². The number of nitrogens with one attached hydrogen (secondary N) is 1. The predicted octanol–water partition coefficient (Wildman–Crippen LogP) is 1.84. The highest BCUT2D eigenvalue weighted by atomic mass is 32.1. The summed E-state index contributed by atoms with van der Waals surface area (Å²) < 4.78 is 0. The van der Waals surface area contributed by atoms with Crippen molar-refractivity contribution >= 4 is 16.3 Å². The second-order valence-corrected chi connectivity index (χ2v) is 6.30. The van der Waals surface area contributed by atoms with Crippen LogP contribution in [0.25, 0.3) is 0 Å². The van der Waals surface area contributed by atoms with Gasteiger partial charge in [0.2, 0.25) is 0 Å². The number of hydrogen-bond donors (Lipinski definition) is 1. The van der Waals surface area contributed by atoms with Gasteiger partial charge in [-0.25, -0.2) is 0 Å². The molecule has 0 bridgehead atoms. The molecule has 5 nitrogen and oxygen atoms in total. The van der Waals surface area contributed by atoms with E-state index >= 15 is 0 Å². The van der Waals surface area contributed by atoms with Crippen LogP contribution in [0.15, 0.2) is 12.1 Å². The second kappa shape index (κ2) is 4.95. The Morgan fingerprint density at radius 3 is 3.11 bits per heavy atom. The lowest BCUT2D eigenvalue weighted by molar-refractivity contribution is -0.380. The fourth-order valence-corrected chi connectivity index (χ4v) is 3.90. The van der Waals surface area contributed by atoms with E-state index < -0.39 is 0 Å². The Morgan fingerprint density at radius 1 is 1.50 bits per heavy atom. The van der Waals surface area contributed by atoms with Crippen molar-refractivity contribution in [2.75, 3.05) is 19.6 Å². The molecular weight excluding hydrogens is 250 g/mol. The zero-order chi connectivity index (χ0) is 12.5. The Bertz CT molecular complexity index is 434. The van der Waals surface area contributed by atoms with Crippen LogP contribution < -0.4 is 5.32 Å². The molecule has 0 unspecified atom stereocenters. The van der Waals surface area contributed by atoms with Crippen LogP contribution >= 0.6 is 11.3 Å². The van der Waals surface area contributed by atoms with Crippen LogP contribution in [0, 0.1) is 16.0 Å². The summed E-state index contributed by atoms with van der Waals surface area (Å²) in [6.45, 7) is 4.20. The second-order valence-electron chi connectivity index (χ2n) is 5.15. The molecule has 0 radical (unpaired) electrons. The molecule has 0 aromatic carbocycles. The molecule has 1 aromatic rings. The molecule has 2 aliphatic heterocycles. The normalized spacial score (nSPS) is 28.2. The molecule has 0 spiro atoms. The first-order valence-corrected chi connectivity index (χ1v) is 7.23. The van der Waals surface area contributed by atoms with Crippen molar-refractivity contribution < 1.29 is 4.92 Å². The van der Waals surface area contributed by atoms with Gasteiger partial charge in [-0.3, -0.25) is 15.0 Å². The molecule has 0 aliphatic carbocycles. The fourth-order valence-electron chi connectivity index (χ4n) is 3.04. The summed E-state index contributed by atoms with van der Waals surface area (Å²) in [7, 11) is 0. The number of nitrogens with zero attached hydrogens (tertiary/aromatic N) is 2. The van der Waals surface area contributed by atoms with Crippen molar-refractivity contribution in [2.24, 2.45) is 5.92 Å². The van der Waals surface area contributed by atoms with Gasteiger partial charge < -0.3 is 5.32 Å². The smallest absolute Gasteiger partial charge is 0.312 e. The number of likely N-dealkylation sites (tertiary alicyclic amines) is 1. The number of nitro groups is 1. The molecule has 1 aromatic heterocycles. The zero-order valence-corrected chi connectivity index (χ0v) is 11.0. The van der Waals surface area contributed by atoms with E-state index in [1.165, 1.54) is 24.2 Å². The first-order chi connectivity index (χ1) is 8.72. The third-order valence-corrected chi connectivity index (χ3v) is 4.90. The van der Waals surface area contributed by atoms with Gasteiger partial charge >= 0.3 is 5.00 Å². The molecule has 2 aliphatic rings. The van der Waals surface area contributed by atoms with Crippen LogP contribution in [0.3, 0.4) is 0 Å². The lowest BCUT2D eigenvalue weighted by Gasteiger charge is -2.24. The molecule has 6 heteroatoms. The molecule has 3 heterocycles. The molecule has 3 rings (SSSR count). The Labute approximate surface area is 110 Å². The van der Waals surface area contributed by atoms with Crippen molar-refractivity contribution in [3.05, 3.63) is 27.1 Å². The summed E-state index contributed by atoms with van der Waals surface area (Å²) in [4.78, 5) is 13.9. The highest BCUT2D eigenvalue weighted by Gasteiger charge is 2.34. The van der Waals surface area contributed by atoms with Crippen molar-refractivity contribution in [1.29, 1.82) is 0 Å². The van der Waals surface area contributed by atoms with Crippen LogP contribution in [-0.4, -0.2) is 35.5 Å². The standard InChI is InChI=1S/C12H17N3O2S/c16-15(17)12-4-3-10(18-12)7-14-6-9-2-1-5-13-11(9)8-14/h3-4,9,11,13H,1-2,5-8H2/t9-,11+/m0/s1. The minimum atomic E-state index is -0.306. The monoisotopic (exact) mass is 267 g/mol. The first kappa shape index (κ1) is 12.1. The zero-order valence-electron chi connectivity index (χ0n) is 10.2. The lowest BCUT2D eigenvalue weighted by atomic mass is 9.94. The molecule has 1 N–H and O–H groups in total. The average molecular weight is 267 g/mol. The van der Waals surface area contributed by atoms with Crippen molar-refractivity contribution in [3.63, 3.8) is 0 Å². The van der Waals surface area contributed by atoms with E-state index in [0.717, 1.165) is 37.0 Å². The number of thiophene rings is 1. The highest BCUT2D eigenvalue weighted by molar-refractivity contribution is 7.15. The quantitative estimate of drug-likeness (QED) is 0.670. The summed E-state index contributed by atoms with van der Waals surface area (Å²) in [6, 6.07) is 4.13. The molecule has 18 heavy (non-hydrogen) atoms. The third-order valence-electron chi connectivity index (χ3n) is 3.88. The summed E-state index contributed by atoms with van der Waals surface area (Å²) in [5, 5.41) is 14.5. The Kier molecular flexibility index (Phi) is 3.32. The Hall–Kier alpha value is -0.980. The van der Waals surface area contributed by atoms with Crippen LogP contribution in [-0.2, 0) is 6.54 Å². The first-order valence-electron chi connectivity index (χ1n) is 6.41. The average Bonchev–Trinajstić information content (AvgIpc) is 2.94. The number of rotatable bonds is 3. The molecule has 2 atom stereocenters. The van der Waals surface area contributed by atoms with Gasteiger partial charge in [-0.15, -0.1) is 0 Å². The Morgan fingerprint density at radius 2 is 2.39 bits per heavy atom. The van der Waals surface area contributed by atoms with E-state index in [0.29, 0.717) is 6.04 Å². The topological polar surface area (TPSA) is 58.4 Å². The highest BCUT2D eigenvalue weighted by Crippen LogP contribution is 2.29. The SMILES string of the molecule is O=[N+]([O-])c1ccc(CN2C[C@@H]3CCCN[C@@H]3C2)s1. The molecule has 2 saturated heterocycles. The lowest BCUT2D eigenvalue weighted by Crippen LogP contribution is -2.40. The molecule has 2 fully saturated rings. The summed E-state index contributed by atoms with van der Waals surface area (Å²) in [6.07, 6.45) is 2.60. The number of piperidine rings is 1. The van der Waals surface area contributed by atoms with Gasteiger partial charge in [0.05, 0.1) is 4.92 Å². The minimum absolute atomic E-state index is 0.250. The van der Waals surface area contributed by atoms with E-state index in [-0.39, 0.29) is 9.92 Å². The van der Waals surface area contributed by atoms with E-state index in [9.17, 15) is 10.1 Å². The number of hydrogen-bond acceptors (Lipinski definition) is 5. The van der Waals surface area contributed by atoms with E-state index in [1.54, 1.807) is 6.07 Å². The summed E-state index contributed by atoms with van der Waals surface area (Å²) in [5.74, 6) is 0.772. The maximum atomic E-state index is 10.6. The van der Waals surface area contributed by atoms with Crippen molar-refractivity contribution in [2.45, 2.75) is 25.4 Å². The molecular formula is C12H17N3O2S. The van der Waals surface area contributed by atoms with Crippen LogP contribution in [0.2, 0.25) is 0 Å². The molecule has 0 amide bonds. The van der Waals surface area contributed by atoms with E-state index in [2.05, 4.69) is 10.2 Å². The van der Waals surface area contributed by atoms with Gasteiger partial charge in [-0.1, -0.05) is 11.3 Å². The Balaban J connectivity index is 1.61. The van der Waals surface area contributed by atoms with Gasteiger partial charge in [0.25, 0.3) is 0 Å². The minimum Gasteiger partial charge on any atom is -0.312 e. The fraction of sp³-hybridized carbons (Fsp3) is 0.667. The predicted molar refractivity (Wildman–Crippen MR) is 70.8 cm³/mol. The maximum absolute atomic E-state index is 10.6. The maximum Gasteiger partial charge on any atom is 0.324 e.